The van der Waals surface area contributed by atoms with Crippen LogP contribution < -0.4 is 11.1 Å². The van der Waals surface area contributed by atoms with E-state index >= 15 is 0 Å². The van der Waals surface area contributed by atoms with E-state index in [1.54, 1.807) is 0 Å². The third-order valence-corrected chi connectivity index (χ3v) is 5.30. The maximum Gasteiger partial charge on any atom is 0.234 e. The summed E-state index contributed by atoms with van der Waals surface area (Å²) in [5, 5.41) is 3.24. The highest BCUT2D eigenvalue weighted by molar-refractivity contribution is 5.85. The van der Waals surface area contributed by atoms with Crippen molar-refractivity contribution in [3.63, 3.8) is 0 Å². The van der Waals surface area contributed by atoms with Gasteiger partial charge in [0.2, 0.25) is 5.91 Å². The lowest BCUT2D eigenvalue weighted by atomic mass is 9.99. The number of hydrogen-bond donors (Lipinski definition) is 2. The lowest BCUT2D eigenvalue weighted by Gasteiger charge is -2.20. The highest BCUT2D eigenvalue weighted by Gasteiger charge is 2.41. The van der Waals surface area contributed by atoms with Crippen molar-refractivity contribution in [2.75, 3.05) is 19.6 Å². The quantitative estimate of drug-likeness (QED) is 0.764. The average molecular weight is 352 g/mol. The Morgan fingerprint density at radius 2 is 1.64 bits per heavy atom. The summed E-state index contributed by atoms with van der Waals surface area (Å²) in [6.07, 6.45) is 10.2. The van der Waals surface area contributed by atoms with Crippen molar-refractivity contribution in [1.82, 2.24) is 10.2 Å². The summed E-state index contributed by atoms with van der Waals surface area (Å²) in [6.45, 7) is 2.48. The zero-order valence-electron chi connectivity index (χ0n) is 13.3. The molecule has 3 aliphatic rings. The van der Waals surface area contributed by atoms with E-state index < -0.39 is 0 Å². The minimum atomic E-state index is 0. The van der Waals surface area contributed by atoms with E-state index in [0.717, 1.165) is 31.8 Å². The molecule has 3 N–H and O–H groups in total. The number of nitrogens with one attached hydrogen (secondary N) is 1. The molecule has 0 radical (unpaired) electrons. The van der Waals surface area contributed by atoms with E-state index in [0.29, 0.717) is 18.5 Å². The van der Waals surface area contributed by atoms with Gasteiger partial charge in [0.15, 0.2) is 0 Å². The Morgan fingerprint density at radius 3 is 2.23 bits per heavy atom. The van der Waals surface area contributed by atoms with E-state index in [9.17, 15) is 4.79 Å². The van der Waals surface area contributed by atoms with E-state index in [1.807, 2.05) is 0 Å². The first-order valence-corrected chi connectivity index (χ1v) is 8.49. The molecule has 0 spiro atoms. The fourth-order valence-corrected chi connectivity index (χ4v) is 3.99. The summed E-state index contributed by atoms with van der Waals surface area (Å²) < 4.78 is 0. The van der Waals surface area contributed by atoms with Crippen LogP contribution in [0.25, 0.3) is 0 Å². The Hall–Kier alpha value is -0.0300. The maximum atomic E-state index is 12.2. The largest absolute Gasteiger partial charge is 0.352 e. The van der Waals surface area contributed by atoms with Crippen LogP contribution in [0.3, 0.4) is 0 Å². The number of amides is 1. The number of carbonyl (C=O) groups is 1. The normalized spacial score (nSPS) is 30.0. The lowest BCUT2D eigenvalue weighted by molar-refractivity contribution is -0.122. The van der Waals surface area contributed by atoms with E-state index in [1.165, 1.54) is 38.5 Å². The first-order valence-electron chi connectivity index (χ1n) is 8.49. The van der Waals surface area contributed by atoms with Crippen LogP contribution in [0, 0.1) is 11.8 Å². The van der Waals surface area contributed by atoms with Crippen LogP contribution in [-0.4, -0.2) is 42.5 Å². The maximum absolute atomic E-state index is 12.2. The Balaban J connectivity index is 0.00000121. The van der Waals surface area contributed by atoms with Crippen molar-refractivity contribution >= 4 is 30.7 Å². The van der Waals surface area contributed by atoms with Crippen LogP contribution in [0.4, 0.5) is 0 Å². The number of nitrogens with zero attached hydrogens (tertiary/aromatic N) is 1. The minimum Gasteiger partial charge on any atom is -0.352 e. The second-order valence-electron chi connectivity index (χ2n) is 7.12. The number of halogens is 2. The van der Waals surface area contributed by atoms with E-state index in [4.69, 9.17) is 5.73 Å². The molecule has 0 bridgehead atoms. The smallest absolute Gasteiger partial charge is 0.234 e. The van der Waals surface area contributed by atoms with Crippen molar-refractivity contribution in [2.24, 2.45) is 17.6 Å². The van der Waals surface area contributed by atoms with Crippen molar-refractivity contribution in [3.8, 4) is 0 Å². The Kier molecular flexibility index (Phi) is 8.47. The third-order valence-electron chi connectivity index (χ3n) is 5.30. The van der Waals surface area contributed by atoms with Gasteiger partial charge in [-0.2, -0.15) is 0 Å². The summed E-state index contributed by atoms with van der Waals surface area (Å²) in [5.41, 5.74) is 6.22. The summed E-state index contributed by atoms with van der Waals surface area (Å²) in [7, 11) is 0. The summed E-state index contributed by atoms with van der Waals surface area (Å²) in [6, 6.07) is 0.702. The molecular weight excluding hydrogens is 321 g/mol. The lowest BCUT2D eigenvalue weighted by Crippen LogP contribution is -2.41. The van der Waals surface area contributed by atoms with Crippen LogP contribution in [0.5, 0.6) is 0 Å². The SMILES string of the molecule is Cl.Cl.N[C@H]1CN(CC(=O)NC2CCCCCC2)C[C@@H]1C1CC1. The second-order valence-corrected chi connectivity index (χ2v) is 7.12. The highest BCUT2D eigenvalue weighted by Crippen LogP contribution is 2.40. The molecule has 1 saturated heterocycles. The first-order chi connectivity index (χ1) is 9.72. The molecule has 1 aliphatic heterocycles. The van der Waals surface area contributed by atoms with Crippen molar-refractivity contribution in [1.29, 1.82) is 0 Å². The number of rotatable bonds is 4. The van der Waals surface area contributed by atoms with Gasteiger partial charge in [-0.05, 0) is 37.5 Å². The molecule has 3 rings (SSSR count). The molecule has 6 heteroatoms. The summed E-state index contributed by atoms with van der Waals surface area (Å²) >= 11 is 0. The van der Waals surface area contributed by atoms with Gasteiger partial charge in [-0.3, -0.25) is 9.69 Å². The Bertz CT molecular complexity index is 344. The standard InChI is InChI=1S/C16H29N3O.2ClH/c17-15-10-19(9-14(15)12-7-8-12)11-16(20)18-13-5-3-1-2-4-6-13;;/h12-15H,1-11,17H2,(H,18,20);2*1H/t14-,15+;;/m1../s1. The molecule has 22 heavy (non-hydrogen) atoms. The Labute approximate surface area is 146 Å². The predicted molar refractivity (Wildman–Crippen MR) is 94.8 cm³/mol. The molecule has 1 heterocycles. The van der Waals surface area contributed by atoms with Gasteiger partial charge >= 0.3 is 0 Å². The monoisotopic (exact) mass is 351 g/mol. The van der Waals surface area contributed by atoms with Gasteiger partial charge in [0.1, 0.15) is 0 Å². The number of nitrogens with two attached hydrogens (primary N) is 1. The van der Waals surface area contributed by atoms with Gasteiger partial charge in [-0.1, -0.05) is 25.7 Å². The fraction of sp³-hybridized carbons (Fsp3) is 0.938. The highest BCUT2D eigenvalue weighted by atomic mass is 35.5. The van der Waals surface area contributed by atoms with Gasteiger partial charge in [-0.15, -0.1) is 24.8 Å². The number of hydrogen-bond acceptors (Lipinski definition) is 3. The van der Waals surface area contributed by atoms with E-state index in [-0.39, 0.29) is 36.8 Å². The number of carbonyl (C=O) groups excluding carboxylic acids is 1. The van der Waals surface area contributed by atoms with E-state index in [2.05, 4.69) is 10.2 Å². The molecule has 1 amide bonds. The molecule has 0 unspecified atom stereocenters. The van der Waals surface area contributed by atoms with Gasteiger partial charge < -0.3 is 11.1 Å². The van der Waals surface area contributed by atoms with Crippen LogP contribution in [-0.2, 0) is 4.79 Å². The van der Waals surface area contributed by atoms with Crippen LogP contribution >= 0.6 is 24.8 Å². The molecule has 0 aromatic rings. The molecule has 130 valence electrons. The predicted octanol–water partition coefficient (Wildman–Crippen LogP) is 2.34. The van der Waals surface area contributed by atoms with Gasteiger partial charge in [0.05, 0.1) is 6.54 Å². The van der Waals surface area contributed by atoms with Crippen molar-refractivity contribution in [3.05, 3.63) is 0 Å². The summed E-state index contributed by atoms with van der Waals surface area (Å²) in [4.78, 5) is 14.4. The summed E-state index contributed by atoms with van der Waals surface area (Å²) in [5.74, 6) is 1.70. The zero-order chi connectivity index (χ0) is 13.9. The average Bonchev–Trinajstić information content (AvgIpc) is 3.19. The van der Waals surface area contributed by atoms with Crippen molar-refractivity contribution < 1.29 is 4.79 Å². The minimum absolute atomic E-state index is 0. The molecular formula is C16H31Cl2N3O. The van der Waals surface area contributed by atoms with Crippen LogP contribution in [0.15, 0.2) is 0 Å². The van der Waals surface area contributed by atoms with Crippen LogP contribution in [0.2, 0.25) is 0 Å². The Morgan fingerprint density at radius 1 is 1.00 bits per heavy atom. The molecule has 0 aromatic carbocycles. The molecule has 2 saturated carbocycles. The second kappa shape index (κ2) is 9.31. The molecule has 4 nitrogen and oxygen atoms in total. The molecule has 2 aliphatic carbocycles. The molecule has 2 atom stereocenters. The zero-order valence-corrected chi connectivity index (χ0v) is 15.0. The van der Waals surface area contributed by atoms with Crippen molar-refractivity contribution in [2.45, 2.75) is 63.5 Å². The first kappa shape index (κ1) is 20.0. The van der Waals surface area contributed by atoms with Gasteiger partial charge in [0.25, 0.3) is 0 Å². The molecule has 0 aromatic heterocycles. The van der Waals surface area contributed by atoms with Crippen LogP contribution in [0.1, 0.15) is 51.4 Å². The fourth-order valence-electron chi connectivity index (χ4n) is 3.99. The van der Waals surface area contributed by atoms with Gasteiger partial charge in [-0.25, -0.2) is 0 Å². The topological polar surface area (TPSA) is 58.4 Å². The molecule has 3 fully saturated rings. The number of likely N-dealkylation sites (tertiary alicyclic amines) is 1. The third kappa shape index (κ3) is 5.55. The van der Waals surface area contributed by atoms with Gasteiger partial charge in [0, 0.05) is 25.2 Å².